The van der Waals surface area contributed by atoms with E-state index >= 15 is 0 Å². The lowest BCUT2D eigenvalue weighted by molar-refractivity contribution is 0.648. The predicted molar refractivity (Wildman–Crippen MR) is 77.2 cm³/mol. The highest BCUT2D eigenvalue weighted by atomic mass is 79.9. The van der Waals surface area contributed by atoms with E-state index in [1.54, 1.807) is 24.7 Å². The van der Waals surface area contributed by atoms with Crippen molar-refractivity contribution in [3.8, 4) is 0 Å². The van der Waals surface area contributed by atoms with Crippen molar-refractivity contribution >= 4 is 21.6 Å². The summed E-state index contributed by atoms with van der Waals surface area (Å²) in [5.41, 5.74) is 0.500. The molecule has 0 saturated carbocycles. The Morgan fingerprint density at radius 3 is 3.11 bits per heavy atom. The fourth-order valence-corrected chi connectivity index (χ4v) is 2.04. The first kappa shape index (κ1) is 13.5. The highest BCUT2D eigenvalue weighted by Crippen LogP contribution is 2.15. The van der Waals surface area contributed by atoms with Gasteiger partial charge >= 0.3 is 0 Å². The molecule has 0 aliphatic heterocycles. The monoisotopic (exact) mass is 323 g/mol. The molecule has 0 aromatic carbocycles. The van der Waals surface area contributed by atoms with Crippen LogP contribution in [0.2, 0.25) is 0 Å². The molecule has 19 heavy (non-hydrogen) atoms. The van der Waals surface area contributed by atoms with Gasteiger partial charge < -0.3 is 10.3 Å². The summed E-state index contributed by atoms with van der Waals surface area (Å²) >= 11 is 3.29. The first-order valence-electron chi connectivity index (χ1n) is 5.81. The van der Waals surface area contributed by atoms with Crippen LogP contribution in [0.1, 0.15) is 5.82 Å². The topological polar surface area (TPSA) is 75.6 Å². The highest BCUT2D eigenvalue weighted by molar-refractivity contribution is 9.10. The largest absolute Gasteiger partial charge is 0.382 e. The van der Waals surface area contributed by atoms with Crippen LogP contribution in [0.25, 0.3) is 0 Å². The van der Waals surface area contributed by atoms with E-state index in [9.17, 15) is 4.79 Å². The third-order valence-corrected chi connectivity index (χ3v) is 3.29. The molecule has 6 nitrogen and oxygen atoms in total. The molecule has 0 amide bonds. The van der Waals surface area contributed by atoms with Gasteiger partial charge in [-0.3, -0.25) is 4.79 Å². The molecule has 7 heteroatoms. The summed E-state index contributed by atoms with van der Waals surface area (Å²) in [5, 5.41) is 7.21. The average Bonchev–Trinajstić information content (AvgIpc) is 2.91. The molecule has 2 aromatic heterocycles. The molecule has 0 aliphatic rings. The van der Waals surface area contributed by atoms with Crippen LogP contribution in [0.4, 0.5) is 5.69 Å². The van der Waals surface area contributed by atoms with Gasteiger partial charge in [0.05, 0.1) is 18.4 Å². The van der Waals surface area contributed by atoms with Crippen LogP contribution in [-0.4, -0.2) is 26.3 Å². The van der Waals surface area contributed by atoms with Crippen LogP contribution in [0.3, 0.4) is 0 Å². The third kappa shape index (κ3) is 3.31. The summed E-state index contributed by atoms with van der Waals surface area (Å²) < 4.78 is 1.82. The fraction of sp³-hybridized carbons (Fsp3) is 0.250. The second-order valence-electron chi connectivity index (χ2n) is 3.86. The molecular formula is C12H14BrN5O. The Kier molecular flexibility index (Phi) is 4.51. The molecule has 2 aromatic rings. The maximum atomic E-state index is 11.9. The van der Waals surface area contributed by atoms with Gasteiger partial charge in [-0.1, -0.05) is 6.08 Å². The Balaban J connectivity index is 2.02. The Labute approximate surface area is 118 Å². The second kappa shape index (κ2) is 6.33. The predicted octanol–water partition coefficient (Wildman–Crippen LogP) is 1.57. The maximum Gasteiger partial charge on any atom is 0.283 e. The quantitative estimate of drug-likeness (QED) is 0.791. The van der Waals surface area contributed by atoms with E-state index in [0.29, 0.717) is 23.2 Å². The molecule has 100 valence electrons. The molecule has 2 heterocycles. The van der Waals surface area contributed by atoms with E-state index in [1.807, 2.05) is 0 Å². The maximum absolute atomic E-state index is 11.9. The number of hydrogen-bond acceptors (Lipinski definition) is 4. The minimum atomic E-state index is -0.178. The van der Waals surface area contributed by atoms with E-state index in [2.05, 4.69) is 42.9 Å². The van der Waals surface area contributed by atoms with Crippen molar-refractivity contribution in [1.29, 1.82) is 0 Å². The van der Waals surface area contributed by atoms with E-state index in [0.717, 1.165) is 12.2 Å². The Morgan fingerprint density at radius 2 is 2.42 bits per heavy atom. The molecule has 0 fully saturated rings. The first-order valence-corrected chi connectivity index (χ1v) is 6.60. The summed E-state index contributed by atoms with van der Waals surface area (Å²) in [6, 6.07) is 0. The van der Waals surface area contributed by atoms with Crippen LogP contribution < -0.4 is 10.9 Å². The van der Waals surface area contributed by atoms with Crippen LogP contribution >= 0.6 is 15.9 Å². The Bertz CT molecular complexity index is 605. The summed E-state index contributed by atoms with van der Waals surface area (Å²) in [4.78, 5) is 19.1. The molecule has 2 rings (SSSR count). The summed E-state index contributed by atoms with van der Waals surface area (Å²) in [5.74, 6) is 0.900. The molecule has 0 atom stereocenters. The number of aromatic amines is 1. The van der Waals surface area contributed by atoms with Crippen molar-refractivity contribution in [2.24, 2.45) is 0 Å². The number of nitrogens with zero attached hydrogens (tertiary/aromatic N) is 3. The summed E-state index contributed by atoms with van der Waals surface area (Å²) in [6.45, 7) is 4.64. The van der Waals surface area contributed by atoms with E-state index in [4.69, 9.17) is 0 Å². The van der Waals surface area contributed by atoms with Gasteiger partial charge in [-0.05, 0) is 15.9 Å². The molecule has 0 aliphatic carbocycles. The number of H-pyrrole nitrogens is 1. The van der Waals surface area contributed by atoms with Crippen molar-refractivity contribution in [3.63, 3.8) is 0 Å². The minimum Gasteiger partial charge on any atom is -0.382 e. The summed E-state index contributed by atoms with van der Waals surface area (Å²) in [7, 11) is 0. The molecule has 0 spiro atoms. The number of aromatic nitrogens is 4. The zero-order chi connectivity index (χ0) is 13.7. The molecule has 0 radical (unpaired) electrons. The van der Waals surface area contributed by atoms with Crippen molar-refractivity contribution in [2.75, 3.05) is 11.9 Å². The van der Waals surface area contributed by atoms with Crippen LogP contribution in [0, 0.1) is 0 Å². The molecule has 0 bridgehead atoms. The number of imidazole rings is 1. The third-order valence-electron chi connectivity index (χ3n) is 2.52. The Hall–Kier alpha value is -1.89. The number of halogens is 1. The Morgan fingerprint density at radius 1 is 1.58 bits per heavy atom. The molecule has 2 N–H and O–H groups in total. The molecule has 0 unspecified atom stereocenters. The SMILES string of the molecule is C=CCn1ncc(NCCc2ncc[nH]2)c(Br)c1=O. The zero-order valence-corrected chi connectivity index (χ0v) is 11.9. The van der Waals surface area contributed by atoms with Gasteiger partial charge in [-0.15, -0.1) is 6.58 Å². The summed E-state index contributed by atoms with van der Waals surface area (Å²) in [6.07, 6.45) is 7.49. The number of nitrogens with one attached hydrogen (secondary N) is 2. The van der Waals surface area contributed by atoms with Gasteiger partial charge in [0.2, 0.25) is 0 Å². The molecule has 0 saturated heterocycles. The van der Waals surface area contributed by atoms with E-state index in [1.165, 1.54) is 4.68 Å². The zero-order valence-electron chi connectivity index (χ0n) is 10.3. The van der Waals surface area contributed by atoms with E-state index < -0.39 is 0 Å². The lowest BCUT2D eigenvalue weighted by Crippen LogP contribution is -2.24. The number of anilines is 1. The number of allylic oxidation sites excluding steroid dienone is 1. The molecular weight excluding hydrogens is 310 g/mol. The minimum absolute atomic E-state index is 0.178. The lowest BCUT2D eigenvalue weighted by atomic mass is 10.4. The van der Waals surface area contributed by atoms with Crippen molar-refractivity contribution in [1.82, 2.24) is 19.7 Å². The average molecular weight is 324 g/mol. The van der Waals surface area contributed by atoms with E-state index in [-0.39, 0.29) is 5.56 Å². The van der Waals surface area contributed by atoms with Crippen molar-refractivity contribution in [2.45, 2.75) is 13.0 Å². The van der Waals surface area contributed by atoms with Gasteiger partial charge in [0, 0.05) is 25.4 Å². The highest BCUT2D eigenvalue weighted by Gasteiger charge is 2.07. The van der Waals surface area contributed by atoms with Crippen molar-refractivity contribution in [3.05, 3.63) is 51.9 Å². The van der Waals surface area contributed by atoms with Crippen LogP contribution in [0.15, 0.2) is 40.5 Å². The number of rotatable bonds is 6. The first-order chi connectivity index (χ1) is 9.22. The normalized spacial score (nSPS) is 10.4. The lowest BCUT2D eigenvalue weighted by Gasteiger charge is -2.08. The standard InChI is InChI=1S/C12H14BrN5O/c1-2-7-18-12(19)11(13)9(8-17-18)14-4-3-10-15-5-6-16-10/h2,5-6,8,14H,1,3-4,7H2,(H,15,16). The van der Waals surface area contributed by atoms with Gasteiger partial charge in [-0.2, -0.15) is 5.10 Å². The van der Waals surface area contributed by atoms with Crippen LogP contribution in [0.5, 0.6) is 0 Å². The smallest absolute Gasteiger partial charge is 0.283 e. The van der Waals surface area contributed by atoms with Gasteiger partial charge in [-0.25, -0.2) is 9.67 Å². The van der Waals surface area contributed by atoms with Gasteiger partial charge in [0.1, 0.15) is 10.3 Å². The van der Waals surface area contributed by atoms with Crippen LogP contribution in [-0.2, 0) is 13.0 Å². The van der Waals surface area contributed by atoms with Gasteiger partial charge in [0.15, 0.2) is 0 Å². The fourth-order valence-electron chi connectivity index (χ4n) is 1.59. The van der Waals surface area contributed by atoms with Gasteiger partial charge in [0.25, 0.3) is 5.56 Å². The number of hydrogen-bond donors (Lipinski definition) is 2. The van der Waals surface area contributed by atoms with Crippen molar-refractivity contribution < 1.29 is 0 Å². The second-order valence-corrected chi connectivity index (χ2v) is 4.65.